The van der Waals surface area contributed by atoms with Crippen molar-refractivity contribution in [1.29, 1.82) is 0 Å². The Hall–Kier alpha value is -2.17. The first-order valence-corrected chi connectivity index (χ1v) is 5.34. The van der Waals surface area contributed by atoms with Crippen molar-refractivity contribution < 1.29 is 4.92 Å². The van der Waals surface area contributed by atoms with E-state index in [1.165, 1.54) is 22.8 Å². The smallest absolute Gasteiger partial charge is 0.278 e. The van der Waals surface area contributed by atoms with Gasteiger partial charge < -0.3 is 4.57 Å². The second-order valence-electron chi connectivity index (χ2n) is 3.20. The molecule has 1 heterocycles. The fourth-order valence-corrected chi connectivity index (χ4v) is 1.55. The maximum Gasteiger partial charge on any atom is 0.278 e. The van der Waals surface area contributed by atoms with E-state index in [9.17, 15) is 14.9 Å². The lowest BCUT2D eigenvalue weighted by molar-refractivity contribution is -0.383. The number of fused-ring (bicyclic) bond motifs is 1. The van der Waals surface area contributed by atoms with Crippen LogP contribution < -0.4 is 5.56 Å². The van der Waals surface area contributed by atoms with Gasteiger partial charge in [0.05, 0.1) is 15.8 Å². The molecule has 0 radical (unpaired) electrons. The van der Waals surface area contributed by atoms with Crippen LogP contribution in [0.3, 0.4) is 0 Å². The van der Waals surface area contributed by atoms with Gasteiger partial charge in [0.2, 0.25) is 0 Å². The monoisotopic (exact) mass is 234 g/mol. The van der Waals surface area contributed by atoms with Crippen molar-refractivity contribution in [2.45, 2.75) is 13.8 Å². The molecule has 5 nitrogen and oxygen atoms in total. The average molecular weight is 234 g/mol. The number of nitrogens with zero attached hydrogens (tertiary/aromatic N) is 2. The third-order valence-corrected chi connectivity index (χ3v) is 2.34. The van der Waals surface area contributed by atoms with Gasteiger partial charge >= 0.3 is 0 Å². The molecule has 0 bridgehead atoms. The summed E-state index contributed by atoms with van der Waals surface area (Å²) in [6, 6.07) is 7.49. The summed E-state index contributed by atoms with van der Waals surface area (Å²) in [6.07, 6.45) is 0. The number of aryl methyl sites for hydroxylation is 1. The Morgan fingerprint density at radius 2 is 1.82 bits per heavy atom. The normalized spacial score (nSPS) is 9.59. The van der Waals surface area contributed by atoms with E-state index in [1.54, 1.807) is 19.2 Å². The van der Waals surface area contributed by atoms with E-state index >= 15 is 0 Å². The number of aromatic nitrogens is 1. The van der Waals surface area contributed by atoms with E-state index in [0.29, 0.717) is 10.9 Å². The van der Waals surface area contributed by atoms with E-state index in [-0.39, 0.29) is 11.2 Å². The standard InChI is InChI=1S/C10H8N2O3.C2H6/c1-11-8-3-2-4-9(12(14)15)7(8)5-6-10(11)13;1-2/h2-6H,1H3;1-2H3. The van der Waals surface area contributed by atoms with Gasteiger partial charge in [-0.05, 0) is 12.1 Å². The summed E-state index contributed by atoms with van der Waals surface area (Å²) in [5, 5.41) is 11.2. The summed E-state index contributed by atoms with van der Waals surface area (Å²) >= 11 is 0. The van der Waals surface area contributed by atoms with Gasteiger partial charge in [0.15, 0.2) is 0 Å². The van der Waals surface area contributed by atoms with E-state index < -0.39 is 4.92 Å². The van der Waals surface area contributed by atoms with Crippen LogP contribution in [0.2, 0.25) is 0 Å². The van der Waals surface area contributed by atoms with E-state index in [1.807, 2.05) is 13.8 Å². The second-order valence-corrected chi connectivity index (χ2v) is 3.20. The average Bonchev–Trinajstić information content (AvgIpc) is 2.35. The minimum Gasteiger partial charge on any atom is -0.311 e. The summed E-state index contributed by atoms with van der Waals surface area (Å²) in [5.74, 6) is 0. The van der Waals surface area contributed by atoms with Gasteiger partial charge in [-0.3, -0.25) is 14.9 Å². The molecule has 0 aliphatic heterocycles. The Bertz CT molecular complexity index is 602. The van der Waals surface area contributed by atoms with Crippen LogP contribution in [0.5, 0.6) is 0 Å². The van der Waals surface area contributed by atoms with E-state index in [2.05, 4.69) is 0 Å². The number of nitro groups is 1. The molecule has 1 aromatic heterocycles. The van der Waals surface area contributed by atoms with Gasteiger partial charge in [0.1, 0.15) is 0 Å². The number of benzene rings is 1. The van der Waals surface area contributed by atoms with Crippen molar-refractivity contribution in [3.63, 3.8) is 0 Å². The van der Waals surface area contributed by atoms with Crippen LogP contribution in [-0.4, -0.2) is 9.49 Å². The zero-order valence-electron chi connectivity index (χ0n) is 10.0. The van der Waals surface area contributed by atoms with Gasteiger partial charge in [-0.2, -0.15) is 0 Å². The molecule has 0 spiro atoms. The Morgan fingerprint density at radius 1 is 1.18 bits per heavy atom. The lowest BCUT2D eigenvalue weighted by Gasteiger charge is -2.03. The first kappa shape index (κ1) is 12.9. The molecular formula is C12H14N2O3. The van der Waals surface area contributed by atoms with Crippen molar-refractivity contribution in [2.75, 3.05) is 0 Å². The second kappa shape index (κ2) is 5.25. The maximum absolute atomic E-state index is 11.3. The number of nitro benzene ring substituents is 1. The molecule has 2 aromatic rings. The molecule has 0 aliphatic rings. The van der Waals surface area contributed by atoms with E-state index in [4.69, 9.17) is 0 Å². The molecule has 5 heteroatoms. The molecule has 0 N–H and O–H groups in total. The lowest BCUT2D eigenvalue weighted by Crippen LogP contribution is -2.15. The number of hydrogen-bond acceptors (Lipinski definition) is 3. The highest BCUT2D eigenvalue weighted by Gasteiger charge is 2.12. The molecule has 0 unspecified atom stereocenters. The topological polar surface area (TPSA) is 65.1 Å². The van der Waals surface area contributed by atoms with Crippen molar-refractivity contribution in [3.8, 4) is 0 Å². The van der Waals surface area contributed by atoms with Gasteiger partial charge in [-0.15, -0.1) is 0 Å². The quantitative estimate of drug-likeness (QED) is 0.562. The maximum atomic E-state index is 11.3. The molecule has 2 rings (SSSR count). The molecule has 0 atom stereocenters. The van der Waals surface area contributed by atoms with Crippen molar-refractivity contribution >= 4 is 16.6 Å². The zero-order valence-corrected chi connectivity index (χ0v) is 10.0. The SMILES string of the molecule is CC.Cn1c(=O)ccc2c([N+](=O)[O-])cccc21. The van der Waals surface area contributed by atoms with Gasteiger partial charge in [0.25, 0.3) is 11.2 Å². The molecular weight excluding hydrogens is 220 g/mol. The third kappa shape index (κ3) is 2.33. The lowest BCUT2D eigenvalue weighted by atomic mass is 10.2. The van der Waals surface area contributed by atoms with Crippen molar-refractivity contribution in [1.82, 2.24) is 4.57 Å². The van der Waals surface area contributed by atoms with Crippen LogP contribution in [0.15, 0.2) is 35.1 Å². The molecule has 0 fully saturated rings. The molecule has 0 saturated heterocycles. The summed E-state index contributed by atoms with van der Waals surface area (Å²) in [7, 11) is 1.59. The summed E-state index contributed by atoms with van der Waals surface area (Å²) in [4.78, 5) is 21.6. The minimum absolute atomic E-state index is 0.0168. The van der Waals surface area contributed by atoms with Gasteiger partial charge in [-0.25, -0.2) is 0 Å². The van der Waals surface area contributed by atoms with Crippen LogP contribution in [0.1, 0.15) is 13.8 Å². The van der Waals surface area contributed by atoms with E-state index in [0.717, 1.165) is 0 Å². The predicted octanol–water partition coefficient (Wildman–Crippen LogP) is 2.47. The summed E-state index contributed by atoms with van der Waals surface area (Å²) in [6.45, 7) is 4.00. The summed E-state index contributed by atoms with van der Waals surface area (Å²) in [5.41, 5.74) is 0.405. The number of hydrogen-bond donors (Lipinski definition) is 0. The Kier molecular flexibility index (Phi) is 3.98. The van der Waals surface area contributed by atoms with Gasteiger partial charge in [-0.1, -0.05) is 19.9 Å². The highest BCUT2D eigenvalue weighted by Crippen LogP contribution is 2.23. The van der Waals surface area contributed by atoms with Crippen molar-refractivity contribution in [3.05, 3.63) is 50.8 Å². The van der Waals surface area contributed by atoms with Crippen LogP contribution >= 0.6 is 0 Å². The Balaban J connectivity index is 0.000000686. The van der Waals surface area contributed by atoms with Crippen LogP contribution in [0.4, 0.5) is 5.69 Å². The molecule has 17 heavy (non-hydrogen) atoms. The summed E-state index contributed by atoms with van der Waals surface area (Å²) < 4.78 is 1.39. The Morgan fingerprint density at radius 3 is 2.41 bits per heavy atom. The van der Waals surface area contributed by atoms with Crippen molar-refractivity contribution in [2.24, 2.45) is 7.05 Å². The molecule has 0 saturated carbocycles. The van der Waals surface area contributed by atoms with Gasteiger partial charge in [0, 0.05) is 19.2 Å². The molecule has 0 aliphatic carbocycles. The number of pyridine rings is 1. The molecule has 90 valence electrons. The fraction of sp³-hybridized carbons (Fsp3) is 0.250. The highest BCUT2D eigenvalue weighted by molar-refractivity contribution is 5.87. The largest absolute Gasteiger partial charge is 0.311 e. The number of non-ortho nitro benzene ring substituents is 1. The predicted molar refractivity (Wildman–Crippen MR) is 67.2 cm³/mol. The first-order valence-electron chi connectivity index (χ1n) is 5.34. The van der Waals surface area contributed by atoms with Crippen LogP contribution in [-0.2, 0) is 7.05 Å². The molecule has 0 amide bonds. The third-order valence-electron chi connectivity index (χ3n) is 2.34. The minimum atomic E-state index is -0.452. The molecule has 1 aromatic carbocycles. The highest BCUT2D eigenvalue weighted by atomic mass is 16.6. The van der Waals surface area contributed by atoms with Crippen LogP contribution in [0.25, 0.3) is 10.9 Å². The zero-order chi connectivity index (χ0) is 13.0. The fourth-order valence-electron chi connectivity index (χ4n) is 1.55. The first-order chi connectivity index (χ1) is 8.11. The Labute approximate surface area is 98.5 Å². The number of rotatable bonds is 1. The van der Waals surface area contributed by atoms with Crippen LogP contribution in [0, 0.1) is 10.1 Å².